The third kappa shape index (κ3) is 6.10. The Morgan fingerprint density at radius 3 is 2.58 bits per heavy atom. The highest BCUT2D eigenvalue weighted by Gasteiger charge is 2.33. The van der Waals surface area contributed by atoms with Crippen molar-refractivity contribution < 1.29 is 23.5 Å². The molecule has 0 aliphatic carbocycles. The minimum absolute atomic E-state index is 0.191. The summed E-state index contributed by atoms with van der Waals surface area (Å²) >= 11 is 6.54. The smallest absolute Gasteiger partial charge is 0.270 e. The molecular weight excluding hydrogens is 499 g/mol. The Bertz CT molecular complexity index is 1340. The Labute approximate surface area is 218 Å². The van der Waals surface area contributed by atoms with E-state index in [4.69, 9.17) is 21.7 Å². The highest BCUT2D eigenvalue weighted by molar-refractivity contribution is 8.27. The number of hydrogen-bond acceptors (Lipinski definition) is 6. The largest absolute Gasteiger partial charge is 0.490 e. The summed E-state index contributed by atoms with van der Waals surface area (Å²) in [4.78, 5) is 27.1. The van der Waals surface area contributed by atoms with Gasteiger partial charge in [0.2, 0.25) is 0 Å². The summed E-state index contributed by atoms with van der Waals surface area (Å²) in [6.07, 6.45) is 1.71. The first kappa shape index (κ1) is 25.4. The van der Waals surface area contributed by atoms with Gasteiger partial charge in [0.1, 0.15) is 5.82 Å². The third-order valence-corrected chi connectivity index (χ3v) is 6.41. The zero-order valence-electron chi connectivity index (χ0n) is 19.6. The molecule has 0 spiro atoms. The van der Waals surface area contributed by atoms with Crippen molar-refractivity contribution in [1.29, 1.82) is 0 Å². The molecule has 0 bridgehead atoms. The number of ether oxygens (including phenoxy) is 2. The van der Waals surface area contributed by atoms with Crippen LogP contribution in [0, 0.1) is 12.7 Å². The van der Waals surface area contributed by atoms with Crippen LogP contribution in [-0.2, 0) is 9.59 Å². The topological polar surface area (TPSA) is 67.9 Å². The molecule has 36 heavy (non-hydrogen) atoms. The Hall–Kier alpha value is -3.69. The number of nitrogens with one attached hydrogen (secondary N) is 1. The van der Waals surface area contributed by atoms with Gasteiger partial charge >= 0.3 is 0 Å². The molecule has 4 rings (SSSR count). The second-order valence-corrected chi connectivity index (χ2v) is 9.51. The number of carbonyl (C=O) groups excluding carboxylic acids is 2. The number of rotatable bonds is 8. The van der Waals surface area contributed by atoms with Crippen LogP contribution < -0.4 is 19.7 Å². The summed E-state index contributed by atoms with van der Waals surface area (Å²) in [5.41, 5.74) is 2.94. The molecule has 9 heteroatoms. The number of carbonyl (C=O) groups is 2. The summed E-state index contributed by atoms with van der Waals surface area (Å²) in [6, 6.07) is 18.3. The van der Waals surface area contributed by atoms with E-state index in [0.29, 0.717) is 44.3 Å². The van der Waals surface area contributed by atoms with Crippen molar-refractivity contribution in [2.24, 2.45) is 0 Å². The zero-order chi connectivity index (χ0) is 25.7. The van der Waals surface area contributed by atoms with Gasteiger partial charge in [-0.3, -0.25) is 14.5 Å². The van der Waals surface area contributed by atoms with E-state index < -0.39 is 5.82 Å². The molecule has 0 atom stereocenters. The SMILES string of the molecule is CCOc1cc(/C=C2\SC(=S)N(c3ccc(F)cc3)C2=O)ccc1OCC(=O)Nc1cccc(C)c1. The fraction of sp³-hybridized carbons (Fsp3) is 0.148. The lowest BCUT2D eigenvalue weighted by atomic mass is 10.1. The van der Waals surface area contributed by atoms with Crippen LogP contribution in [0.4, 0.5) is 15.8 Å². The third-order valence-electron chi connectivity index (χ3n) is 5.10. The molecule has 1 fully saturated rings. The molecule has 2 amide bonds. The van der Waals surface area contributed by atoms with Crippen LogP contribution in [0.3, 0.4) is 0 Å². The Balaban J connectivity index is 1.47. The molecule has 0 unspecified atom stereocenters. The maximum absolute atomic E-state index is 13.3. The lowest BCUT2D eigenvalue weighted by Crippen LogP contribution is -2.27. The fourth-order valence-electron chi connectivity index (χ4n) is 3.50. The lowest BCUT2D eigenvalue weighted by molar-refractivity contribution is -0.118. The standard InChI is InChI=1S/C27H23FN2O4S2/c1-3-33-23-14-18(7-12-22(23)34-16-25(31)29-20-6-4-5-17(2)13-20)15-24-26(32)30(27(35)36-24)21-10-8-19(28)9-11-21/h4-15H,3,16H2,1-2H3,(H,29,31)/b24-15-. The maximum atomic E-state index is 13.3. The van der Waals surface area contributed by atoms with Crippen LogP contribution in [0.5, 0.6) is 11.5 Å². The number of thiocarbonyl (C=S) groups is 1. The van der Waals surface area contributed by atoms with Gasteiger partial charge < -0.3 is 14.8 Å². The van der Waals surface area contributed by atoms with E-state index in [9.17, 15) is 14.0 Å². The molecule has 1 heterocycles. The van der Waals surface area contributed by atoms with Gasteiger partial charge in [0.25, 0.3) is 11.8 Å². The predicted octanol–water partition coefficient (Wildman–Crippen LogP) is 5.96. The van der Waals surface area contributed by atoms with E-state index in [0.717, 1.165) is 5.56 Å². The first-order valence-corrected chi connectivity index (χ1v) is 12.4. The first-order chi connectivity index (χ1) is 17.3. The van der Waals surface area contributed by atoms with Gasteiger partial charge in [-0.2, -0.15) is 0 Å². The molecule has 184 valence electrons. The zero-order valence-corrected chi connectivity index (χ0v) is 21.3. The van der Waals surface area contributed by atoms with Gasteiger partial charge in [-0.25, -0.2) is 4.39 Å². The van der Waals surface area contributed by atoms with Crippen molar-refractivity contribution in [3.05, 3.63) is 88.6 Å². The quantitative estimate of drug-likeness (QED) is 0.291. The number of halogens is 1. The molecule has 6 nitrogen and oxygen atoms in total. The summed E-state index contributed by atoms with van der Waals surface area (Å²) < 4.78 is 25.1. The fourth-order valence-corrected chi connectivity index (χ4v) is 4.80. The van der Waals surface area contributed by atoms with Crippen LogP contribution >= 0.6 is 24.0 Å². The molecule has 0 saturated carbocycles. The van der Waals surface area contributed by atoms with Gasteiger partial charge in [0.05, 0.1) is 17.2 Å². The molecule has 3 aromatic carbocycles. The highest BCUT2D eigenvalue weighted by Crippen LogP contribution is 2.37. The summed E-state index contributed by atoms with van der Waals surface area (Å²) in [6.45, 7) is 3.99. The number of nitrogens with zero attached hydrogens (tertiary/aromatic N) is 1. The van der Waals surface area contributed by atoms with E-state index in [1.54, 1.807) is 24.3 Å². The molecule has 1 aliphatic rings. The number of amides is 2. The minimum atomic E-state index is -0.391. The first-order valence-electron chi connectivity index (χ1n) is 11.1. The molecule has 1 saturated heterocycles. The van der Waals surface area contributed by atoms with E-state index in [1.165, 1.54) is 40.9 Å². The van der Waals surface area contributed by atoms with Gasteiger partial charge in [0, 0.05) is 5.69 Å². The van der Waals surface area contributed by atoms with Crippen LogP contribution in [0.25, 0.3) is 6.08 Å². The number of anilines is 2. The normalized spacial score (nSPS) is 14.3. The van der Waals surface area contributed by atoms with Crippen LogP contribution in [0.1, 0.15) is 18.1 Å². The predicted molar refractivity (Wildman–Crippen MR) is 145 cm³/mol. The van der Waals surface area contributed by atoms with Gasteiger partial charge in [-0.05, 0) is 79.6 Å². The highest BCUT2D eigenvalue weighted by atomic mass is 32.2. The Morgan fingerprint density at radius 2 is 1.86 bits per heavy atom. The number of benzene rings is 3. The van der Waals surface area contributed by atoms with E-state index in [-0.39, 0.29) is 18.4 Å². The summed E-state index contributed by atoms with van der Waals surface area (Å²) in [5, 5.41) is 2.80. The Morgan fingerprint density at radius 1 is 1.08 bits per heavy atom. The second-order valence-electron chi connectivity index (χ2n) is 7.84. The van der Waals surface area contributed by atoms with Crippen molar-refractivity contribution in [3.63, 3.8) is 0 Å². The van der Waals surface area contributed by atoms with E-state index in [1.807, 2.05) is 38.1 Å². The molecule has 1 aliphatic heterocycles. The monoisotopic (exact) mass is 522 g/mol. The van der Waals surface area contributed by atoms with Gasteiger partial charge in [-0.15, -0.1) is 0 Å². The van der Waals surface area contributed by atoms with Crippen molar-refractivity contribution in [2.45, 2.75) is 13.8 Å². The number of thioether (sulfide) groups is 1. The molecule has 0 aromatic heterocycles. The molecular formula is C27H23FN2O4S2. The lowest BCUT2D eigenvalue weighted by Gasteiger charge is -2.14. The van der Waals surface area contributed by atoms with Crippen LogP contribution in [0.2, 0.25) is 0 Å². The van der Waals surface area contributed by atoms with E-state index >= 15 is 0 Å². The van der Waals surface area contributed by atoms with Gasteiger partial charge in [-0.1, -0.05) is 42.2 Å². The minimum Gasteiger partial charge on any atom is -0.490 e. The average molecular weight is 523 g/mol. The summed E-state index contributed by atoms with van der Waals surface area (Å²) in [7, 11) is 0. The van der Waals surface area contributed by atoms with Crippen molar-refractivity contribution >= 4 is 57.6 Å². The van der Waals surface area contributed by atoms with Crippen molar-refractivity contribution in [1.82, 2.24) is 0 Å². The maximum Gasteiger partial charge on any atom is 0.270 e. The number of aryl methyl sites for hydroxylation is 1. The summed E-state index contributed by atoms with van der Waals surface area (Å²) in [5.74, 6) is -0.117. The van der Waals surface area contributed by atoms with E-state index in [2.05, 4.69) is 5.32 Å². The van der Waals surface area contributed by atoms with Crippen molar-refractivity contribution in [2.75, 3.05) is 23.4 Å². The average Bonchev–Trinajstić information content (AvgIpc) is 3.12. The van der Waals surface area contributed by atoms with Crippen LogP contribution in [-0.4, -0.2) is 29.3 Å². The molecule has 1 N–H and O–H groups in total. The Kier molecular flexibility index (Phi) is 8.02. The second kappa shape index (κ2) is 11.4. The molecule has 0 radical (unpaired) electrons. The van der Waals surface area contributed by atoms with Gasteiger partial charge in [0.15, 0.2) is 22.4 Å². The number of hydrogen-bond donors (Lipinski definition) is 1. The van der Waals surface area contributed by atoms with Crippen molar-refractivity contribution in [3.8, 4) is 11.5 Å². The molecule has 3 aromatic rings. The van der Waals surface area contributed by atoms with Crippen LogP contribution in [0.15, 0.2) is 71.6 Å².